The largest absolute Gasteiger partial charge is 0.508 e. The molecule has 1 aromatic heterocycles. The first-order chi connectivity index (χ1) is 15.3. The molecule has 0 bridgehead atoms. The molecular formula is C21H22O11. The monoisotopic (exact) mass is 450 g/mol. The Labute approximate surface area is 180 Å². The van der Waals surface area contributed by atoms with E-state index in [0.717, 1.165) is 6.07 Å². The molecule has 2 heterocycles. The number of benzene rings is 2. The quantitative estimate of drug-likeness (QED) is 0.328. The molecule has 5 N–H and O–H groups in total. The van der Waals surface area contributed by atoms with Crippen molar-refractivity contribution in [2.75, 3.05) is 20.8 Å². The fourth-order valence-electron chi connectivity index (χ4n) is 3.69. The van der Waals surface area contributed by atoms with Crippen molar-refractivity contribution in [1.82, 2.24) is 0 Å². The number of ether oxygens (including phenoxy) is 4. The third-order valence-corrected chi connectivity index (χ3v) is 5.33. The van der Waals surface area contributed by atoms with Crippen LogP contribution in [0.5, 0.6) is 23.0 Å². The maximum atomic E-state index is 13.4. The van der Waals surface area contributed by atoms with E-state index in [0.29, 0.717) is 0 Å². The molecule has 1 aliphatic heterocycles. The smallest absolute Gasteiger partial charge is 0.229 e. The SMILES string of the molecule is COc1ccc(OC)c2c(=O)c3c(O[C@@H]4O[C@H](CO)[C@@H](O)[C@H](O)[C@H]4O)cc(O)cc3oc12. The van der Waals surface area contributed by atoms with Crippen molar-refractivity contribution >= 4 is 21.9 Å². The topological polar surface area (TPSA) is 168 Å². The maximum Gasteiger partial charge on any atom is 0.229 e. The van der Waals surface area contributed by atoms with Crippen molar-refractivity contribution in [1.29, 1.82) is 0 Å². The number of rotatable bonds is 5. The first-order valence-corrected chi connectivity index (χ1v) is 9.62. The number of hydrogen-bond acceptors (Lipinski definition) is 11. The highest BCUT2D eigenvalue weighted by Gasteiger charge is 2.45. The summed E-state index contributed by atoms with van der Waals surface area (Å²) in [6.45, 7) is -0.657. The molecule has 1 fully saturated rings. The Morgan fingerprint density at radius 1 is 0.938 bits per heavy atom. The molecular weight excluding hydrogens is 428 g/mol. The van der Waals surface area contributed by atoms with Crippen LogP contribution in [0.2, 0.25) is 0 Å². The van der Waals surface area contributed by atoms with Crippen LogP contribution in [0.15, 0.2) is 33.5 Å². The Kier molecular flexibility index (Phi) is 5.84. The summed E-state index contributed by atoms with van der Waals surface area (Å²) < 4.78 is 27.3. The number of aliphatic hydroxyl groups excluding tert-OH is 4. The molecule has 11 nitrogen and oxygen atoms in total. The van der Waals surface area contributed by atoms with Crippen molar-refractivity contribution in [2.24, 2.45) is 0 Å². The summed E-state index contributed by atoms with van der Waals surface area (Å²) in [5, 5.41) is 49.7. The van der Waals surface area contributed by atoms with E-state index in [1.54, 1.807) is 6.07 Å². The number of hydrogen-bond donors (Lipinski definition) is 5. The molecule has 0 aliphatic carbocycles. The second kappa shape index (κ2) is 8.45. The highest BCUT2D eigenvalue weighted by Crippen LogP contribution is 2.38. The van der Waals surface area contributed by atoms with E-state index in [-0.39, 0.29) is 44.9 Å². The van der Waals surface area contributed by atoms with Gasteiger partial charge < -0.3 is 48.9 Å². The van der Waals surface area contributed by atoms with E-state index in [1.807, 2.05) is 0 Å². The van der Waals surface area contributed by atoms with Crippen LogP contribution in [0, 0.1) is 0 Å². The molecule has 0 radical (unpaired) electrons. The third-order valence-electron chi connectivity index (χ3n) is 5.33. The first-order valence-electron chi connectivity index (χ1n) is 9.62. The minimum Gasteiger partial charge on any atom is -0.508 e. The first kappa shape index (κ1) is 22.1. The van der Waals surface area contributed by atoms with E-state index < -0.39 is 42.7 Å². The van der Waals surface area contributed by atoms with Crippen molar-refractivity contribution in [3.63, 3.8) is 0 Å². The van der Waals surface area contributed by atoms with E-state index >= 15 is 0 Å². The Bertz CT molecular complexity index is 1200. The average Bonchev–Trinajstić information content (AvgIpc) is 2.78. The van der Waals surface area contributed by atoms with Crippen molar-refractivity contribution in [3.8, 4) is 23.0 Å². The van der Waals surface area contributed by atoms with Crippen LogP contribution < -0.4 is 19.6 Å². The molecule has 11 heteroatoms. The molecule has 0 spiro atoms. The Morgan fingerprint density at radius 2 is 1.62 bits per heavy atom. The lowest BCUT2D eigenvalue weighted by molar-refractivity contribution is -0.277. The zero-order valence-electron chi connectivity index (χ0n) is 17.1. The number of methoxy groups -OCH3 is 2. The van der Waals surface area contributed by atoms with Gasteiger partial charge in [-0.05, 0) is 12.1 Å². The number of phenols is 1. The van der Waals surface area contributed by atoms with Crippen molar-refractivity contribution in [2.45, 2.75) is 30.7 Å². The molecule has 1 aliphatic rings. The summed E-state index contributed by atoms with van der Waals surface area (Å²) in [6.07, 6.45) is -7.77. The Balaban J connectivity index is 1.91. The van der Waals surface area contributed by atoms with Crippen LogP contribution in [0.25, 0.3) is 21.9 Å². The van der Waals surface area contributed by atoms with Gasteiger partial charge in [-0.3, -0.25) is 4.79 Å². The fourth-order valence-corrected chi connectivity index (χ4v) is 3.69. The van der Waals surface area contributed by atoms with E-state index in [9.17, 15) is 30.3 Å². The fraction of sp³-hybridized carbons (Fsp3) is 0.381. The molecule has 32 heavy (non-hydrogen) atoms. The third kappa shape index (κ3) is 3.49. The van der Waals surface area contributed by atoms with Gasteiger partial charge in [0.15, 0.2) is 11.3 Å². The minimum atomic E-state index is -1.72. The Hall–Kier alpha value is -3.09. The molecule has 1 saturated heterocycles. The van der Waals surface area contributed by atoms with Gasteiger partial charge in [-0.25, -0.2) is 0 Å². The lowest BCUT2D eigenvalue weighted by Crippen LogP contribution is -2.60. The number of aliphatic hydroxyl groups is 4. The van der Waals surface area contributed by atoms with Gasteiger partial charge in [-0.2, -0.15) is 0 Å². The highest BCUT2D eigenvalue weighted by atomic mass is 16.7. The van der Waals surface area contributed by atoms with E-state index in [4.69, 9.17) is 23.4 Å². The van der Waals surface area contributed by atoms with Gasteiger partial charge in [-0.15, -0.1) is 0 Å². The van der Waals surface area contributed by atoms with Gasteiger partial charge in [-0.1, -0.05) is 0 Å². The molecule has 2 aromatic carbocycles. The minimum absolute atomic E-state index is 0.0476. The summed E-state index contributed by atoms with van der Waals surface area (Å²) >= 11 is 0. The number of aromatic hydroxyl groups is 1. The van der Waals surface area contributed by atoms with Crippen LogP contribution in [0.3, 0.4) is 0 Å². The van der Waals surface area contributed by atoms with E-state index in [2.05, 4.69) is 0 Å². The molecule has 0 amide bonds. The summed E-state index contributed by atoms with van der Waals surface area (Å²) in [4.78, 5) is 13.4. The van der Waals surface area contributed by atoms with Gasteiger partial charge in [0.1, 0.15) is 58.0 Å². The number of phenolic OH excluding ortho intramolecular Hbond substituents is 1. The summed E-state index contributed by atoms with van der Waals surface area (Å²) in [5.41, 5.74) is -0.529. The molecule has 0 unspecified atom stereocenters. The van der Waals surface area contributed by atoms with Crippen molar-refractivity contribution in [3.05, 3.63) is 34.5 Å². The normalized spacial score (nSPS) is 25.8. The molecule has 3 aromatic rings. The van der Waals surface area contributed by atoms with Crippen LogP contribution in [-0.2, 0) is 4.74 Å². The summed E-state index contributed by atoms with van der Waals surface area (Å²) in [7, 11) is 2.79. The van der Waals surface area contributed by atoms with Gasteiger partial charge in [0.05, 0.1) is 20.8 Å². The Morgan fingerprint density at radius 3 is 2.28 bits per heavy atom. The predicted octanol–water partition coefficient (Wildman–Crippen LogP) is -0.152. The molecule has 4 rings (SSSR count). The molecule has 0 saturated carbocycles. The lowest BCUT2D eigenvalue weighted by atomic mass is 9.99. The van der Waals surface area contributed by atoms with Crippen LogP contribution in [-0.4, -0.2) is 77.1 Å². The van der Waals surface area contributed by atoms with Crippen LogP contribution in [0.4, 0.5) is 0 Å². The zero-order chi connectivity index (χ0) is 23.2. The number of fused-ring (bicyclic) bond motifs is 2. The van der Waals surface area contributed by atoms with E-state index in [1.165, 1.54) is 26.4 Å². The summed E-state index contributed by atoms with van der Waals surface area (Å²) in [5.74, 6) is -0.0610. The second-order valence-corrected chi connectivity index (χ2v) is 7.24. The zero-order valence-corrected chi connectivity index (χ0v) is 17.1. The van der Waals surface area contributed by atoms with Crippen LogP contribution in [0.1, 0.15) is 0 Å². The lowest BCUT2D eigenvalue weighted by Gasteiger charge is -2.39. The predicted molar refractivity (Wildman–Crippen MR) is 109 cm³/mol. The molecule has 172 valence electrons. The van der Waals surface area contributed by atoms with Gasteiger partial charge >= 0.3 is 0 Å². The average molecular weight is 450 g/mol. The summed E-state index contributed by atoms with van der Waals surface area (Å²) in [6, 6.07) is 5.40. The molecule has 5 atom stereocenters. The van der Waals surface area contributed by atoms with Crippen molar-refractivity contribution < 1.29 is 48.9 Å². The highest BCUT2D eigenvalue weighted by molar-refractivity contribution is 5.98. The maximum absolute atomic E-state index is 13.4. The van der Waals surface area contributed by atoms with Gasteiger partial charge in [0, 0.05) is 12.1 Å². The van der Waals surface area contributed by atoms with Gasteiger partial charge in [0.25, 0.3) is 0 Å². The second-order valence-electron chi connectivity index (χ2n) is 7.24. The standard InChI is InChI=1S/C21H22O11/c1-28-9-3-4-10(29-2)20-15(9)17(25)14-11(30-20)5-8(23)6-12(14)31-21-19(27)18(26)16(24)13(7-22)32-21/h3-6,13,16,18-19,21-24,26-27H,7H2,1-2H3/t13-,16-,18+,19-,21-/m1/s1. The van der Waals surface area contributed by atoms with Crippen LogP contribution >= 0.6 is 0 Å². The van der Waals surface area contributed by atoms with Gasteiger partial charge in [0.2, 0.25) is 11.7 Å².